The molecular formula is C11H14BrNS. The third-order valence-electron chi connectivity index (χ3n) is 2.47. The molecule has 76 valence electrons. The van der Waals surface area contributed by atoms with Crippen molar-refractivity contribution in [2.24, 2.45) is 0 Å². The van der Waals surface area contributed by atoms with Crippen LogP contribution in [0.2, 0.25) is 0 Å². The van der Waals surface area contributed by atoms with Gasteiger partial charge in [0.2, 0.25) is 0 Å². The van der Waals surface area contributed by atoms with Crippen LogP contribution in [0.25, 0.3) is 0 Å². The van der Waals surface area contributed by atoms with E-state index in [1.807, 2.05) is 11.8 Å². The summed E-state index contributed by atoms with van der Waals surface area (Å²) in [6.07, 6.45) is 1.29. The zero-order valence-corrected chi connectivity index (χ0v) is 10.6. The van der Waals surface area contributed by atoms with Crippen molar-refractivity contribution < 1.29 is 0 Å². The van der Waals surface area contributed by atoms with E-state index >= 15 is 0 Å². The Morgan fingerprint density at radius 1 is 1.50 bits per heavy atom. The van der Waals surface area contributed by atoms with Crippen LogP contribution >= 0.6 is 27.7 Å². The van der Waals surface area contributed by atoms with Crippen molar-refractivity contribution in [2.75, 3.05) is 16.8 Å². The van der Waals surface area contributed by atoms with Crippen LogP contribution in [0.5, 0.6) is 0 Å². The first kappa shape index (κ1) is 10.4. The number of halogens is 1. The Morgan fingerprint density at radius 3 is 3.00 bits per heavy atom. The van der Waals surface area contributed by atoms with Crippen molar-refractivity contribution >= 4 is 33.4 Å². The number of benzene rings is 1. The molecule has 0 aliphatic carbocycles. The summed E-state index contributed by atoms with van der Waals surface area (Å²) in [5.41, 5.74) is 2.52. The minimum atomic E-state index is 0.662. The molecule has 0 radical (unpaired) electrons. The highest BCUT2D eigenvalue weighted by atomic mass is 79.9. The third-order valence-corrected chi connectivity index (χ3v) is 4.49. The van der Waals surface area contributed by atoms with Gasteiger partial charge in [0, 0.05) is 22.0 Å². The second kappa shape index (κ2) is 4.58. The van der Waals surface area contributed by atoms with Gasteiger partial charge in [0.25, 0.3) is 0 Å². The summed E-state index contributed by atoms with van der Waals surface area (Å²) in [7, 11) is 0. The number of hydrogen-bond acceptors (Lipinski definition) is 2. The number of thioether (sulfide) groups is 1. The van der Waals surface area contributed by atoms with E-state index in [9.17, 15) is 0 Å². The fourth-order valence-corrected chi connectivity index (χ4v) is 3.10. The highest BCUT2D eigenvalue weighted by Crippen LogP contribution is 2.24. The first-order valence-corrected chi connectivity index (χ1v) is 6.81. The number of aryl methyl sites for hydroxylation is 1. The fourth-order valence-electron chi connectivity index (χ4n) is 1.57. The summed E-state index contributed by atoms with van der Waals surface area (Å²) < 4.78 is 1.19. The SMILES string of the molecule is Cc1ccc(N[C@@H]2CCSC2)cc1Br. The van der Waals surface area contributed by atoms with Gasteiger partial charge in [-0.25, -0.2) is 0 Å². The molecule has 1 aliphatic rings. The Labute approximate surface area is 97.8 Å². The lowest BCUT2D eigenvalue weighted by Gasteiger charge is -2.13. The summed E-state index contributed by atoms with van der Waals surface area (Å²) in [5, 5.41) is 3.56. The van der Waals surface area contributed by atoms with E-state index in [0.29, 0.717) is 6.04 Å². The molecule has 1 aliphatic heterocycles. The molecule has 1 aromatic carbocycles. The Bertz CT molecular complexity index is 321. The smallest absolute Gasteiger partial charge is 0.0359 e. The van der Waals surface area contributed by atoms with Crippen LogP contribution < -0.4 is 5.32 Å². The topological polar surface area (TPSA) is 12.0 Å². The molecule has 14 heavy (non-hydrogen) atoms. The van der Waals surface area contributed by atoms with Crippen molar-refractivity contribution in [1.29, 1.82) is 0 Å². The van der Waals surface area contributed by atoms with Crippen LogP contribution in [0.1, 0.15) is 12.0 Å². The van der Waals surface area contributed by atoms with E-state index < -0.39 is 0 Å². The first-order chi connectivity index (χ1) is 6.75. The van der Waals surface area contributed by atoms with Gasteiger partial charge in [0.1, 0.15) is 0 Å². The predicted octanol–water partition coefficient (Wildman–Crippen LogP) is 3.67. The van der Waals surface area contributed by atoms with E-state index in [0.717, 1.165) is 0 Å². The lowest BCUT2D eigenvalue weighted by atomic mass is 10.2. The molecular weight excluding hydrogens is 258 g/mol. The Kier molecular flexibility index (Phi) is 3.39. The van der Waals surface area contributed by atoms with Gasteiger partial charge in [-0.15, -0.1) is 0 Å². The first-order valence-electron chi connectivity index (χ1n) is 4.86. The van der Waals surface area contributed by atoms with E-state index in [4.69, 9.17) is 0 Å². The van der Waals surface area contributed by atoms with Crippen LogP contribution in [-0.2, 0) is 0 Å². The van der Waals surface area contributed by atoms with Crippen LogP contribution in [-0.4, -0.2) is 17.5 Å². The molecule has 0 amide bonds. The van der Waals surface area contributed by atoms with E-state index in [-0.39, 0.29) is 0 Å². The van der Waals surface area contributed by atoms with Crippen molar-refractivity contribution in [3.63, 3.8) is 0 Å². The van der Waals surface area contributed by atoms with Gasteiger partial charge >= 0.3 is 0 Å². The summed E-state index contributed by atoms with van der Waals surface area (Å²) in [5.74, 6) is 2.54. The molecule has 0 spiro atoms. The Balaban J connectivity index is 2.05. The van der Waals surface area contributed by atoms with Gasteiger partial charge < -0.3 is 5.32 Å². The molecule has 1 fully saturated rings. The van der Waals surface area contributed by atoms with Crippen molar-refractivity contribution in [2.45, 2.75) is 19.4 Å². The van der Waals surface area contributed by atoms with Gasteiger partial charge in [-0.2, -0.15) is 11.8 Å². The maximum atomic E-state index is 3.56. The second-order valence-corrected chi connectivity index (χ2v) is 5.67. The molecule has 1 aromatic rings. The highest BCUT2D eigenvalue weighted by Gasteiger charge is 2.14. The summed E-state index contributed by atoms with van der Waals surface area (Å²) >= 11 is 5.58. The average Bonchev–Trinajstić information content (AvgIpc) is 2.64. The minimum absolute atomic E-state index is 0.662. The van der Waals surface area contributed by atoms with Gasteiger partial charge in [0.05, 0.1) is 0 Å². The largest absolute Gasteiger partial charge is 0.381 e. The van der Waals surface area contributed by atoms with E-state index in [2.05, 4.69) is 46.4 Å². The fraction of sp³-hybridized carbons (Fsp3) is 0.455. The van der Waals surface area contributed by atoms with Crippen molar-refractivity contribution in [3.8, 4) is 0 Å². The zero-order chi connectivity index (χ0) is 9.97. The van der Waals surface area contributed by atoms with Crippen LogP contribution in [0.15, 0.2) is 22.7 Å². The predicted molar refractivity (Wildman–Crippen MR) is 68.2 cm³/mol. The monoisotopic (exact) mass is 271 g/mol. The normalized spacial score (nSPS) is 21.1. The number of anilines is 1. The molecule has 1 N–H and O–H groups in total. The van der Waals surface area contributed by atoms with Crippen LogP contribution in [0, 0.1) is 6.92 Å². The molecule has 1 atom stereocenters. The molecule has 0 saturated carbocycles. The van der Waals surface area contributed by atoms with E-state index in [1.54, 1.807) is 0 Å². The van der Waals surface area contributed by atoms with Gasteiger partial charge in [0.15, 0.2) is 0 Å². The van der Waals surface area contributed by atoms with Crippen molar-refractivity contribution in [1.82, 2.24) is 0 Å². The Hall–Kier alpha value is -0.150. The third kappa shape index (κ3) is 2.45. The molecule has 2 rings (SSSR count). The van der Waals surface area contributed by atoms with Crippen LogP contribution in [0.3, 0.4) is 0 Å². The lowest BCUT2D eigenvalue weighted by Crippen LogP contribution is -2.17. The Morgan fingerprint density at radius 2 is 2.36 bits per heavy atom. The number of nitrogens with one attached hydrogen (secondary N) is 1. The lowest BCUT2D eigenvalue weighted by molar-refractivity contribution is 0.813. The quantitative estimate of drug-likeness (QED) is 0.881. The maximum absolute atomic E-state index is 3.56. The van der Waals surface area contributed by atoms with Crippen LogP contribution in [0.4, 0.5) is 5.69 Å². The number of rotatable bonds is 2. The zero-order valence-electron chi connectivity index (χ0n) is 8.22. The van der Waals surface area contributed by atoms with Gasteiger partial charge in [-0.3, -0.25) is 0 Å². The highest BCUT2D eigenvalue weighted by molar-refractivity contribution is 9.10. The van der Waals surface area contributed by atoms with Gasteiger partial charge in [-0.1, -0.05) is 22.0 Å². The number of hydrogen-bond donors (Lipinski definition) is 1. The average molecular weight is 272 g/mol. The maximum Gasteiger partial charge on any atom is 0.0359 e. The molecule has 1 heterocycles. The summed E-state index contributed by atoms with van der Waals surface area (Å²) in [4.78, 5) is 0. The van der Waals surface area contributed by atoms with E-state index in [1.165, 1.54) is 33.7 Å². The summed E-state index contributed by atoms with van der Waals surface area (Å²) in [6.45, 7) is 2.11. The standard InChI is InChI=1S/C11H14BrNS/c1-8-2-3-9(6-11(8)12)13-10-4-5-14-7-10/h2-3,6,10,13H,4-5,7H2,1H3/t10-/m1/s1. The molecule has 0 unspecified atom stereocenters. The molecule has 0 aromatic heterocycles. The molecule has 3 heteroatoms. The minimum Gasteiger partial charge on any atom is -0.381 e. The summed E-state index contributed by atoms with van der Waals surface area (Å²) in [6, 6.07) is 7.13. The molecule has 1 saturated heterocycles. The van der Waals surface area contributed by atoms with Crippen molar-refractivity contribution in [3.05, 3.63) is 28.2 Å². The molecule has 0 bridgehead atoms. The second-order valence-electron chi connectivity index (χ2n) is 3.67. The van der Waals surface area contributed by atoms with Gasteiger partial charge in [-0.05, 0) is 36.8 Å². The molecule has 1 nitrogen and oxygen atoms in total.